The van der Waals surface area contributed by atoms with E-state index in [4.69, 9.17) is 9.47 Å². The van der Waals surface area contributed by atoms with Gasteiger partial charge in [0.2, 0.25) is 0 Å². The molecule has 0 atom stereocenters. The van der Waals surface area contributed by atoms with Gasteiger partial charge in [-0.3, -0.25) is 0 Å². The molecule has 22 heavy (non-hydrogen) atoms. The van der Waals surface area contributed by atoms with E-state index >= 15 is 0 Å². The van der Waals surface area contributed by atoms with Gasteiger partial charge in [-0.25, -0.2) is 0 Å². The van der Waals surface area contributed by atoms with Crippen molar-refractivity contribution in [2.45, 2.75) is 25.8 Å². The van der Waals surface area contributed by atoms with Gasteiger partial charge >= 0.3 is 0 Å². The zero-order chi connectivity index (χ0) is 15.5. The van der Waals surface area contributed by atoms with Gasteiger partial charge in [-0.2, -0.15) is 0 Å². The SMILES string of the molecule is COc1cc(OC)c(CNc2ccc3c(c2)CCC3)cc1Br. The second-order valence-electron chi connectivity index (χ2n) is 5.49. The maximum absolute atomic E-state index is 5.46. The minimum atomic E-state index is 0.713. The number of fused-ring (bicyclic) bond motifs is 1. The van der Waals surface area contributed by atoms with Crippen molar-refractivity contribution in [3.63, 3.8) is 0 Å². The molecular formula is C18H20BrNO2. The number of rotatable bonds is 5. The predicted molar refractivity (Wildman–Crippen MR) is 93.0 cm³/mol. The first kappa shape index (κ1) is 15.2. The molecule has 0 saturated carbocycles. The third-order valence-corrected chi connectivity index (χ3v) is 4.76. The lowest BCUT2D eigenvalue weighted by molar-refractivity contribution is 0.390. The van der Waals surface area contributed by atoms with Gasteiger partial charge in [0.1, 0.15) is 11.5 Å². The number of methoxy groups -OCH3 is 2. The van der Waals surface area contributed by atoms with Crippen LogP contribution < -0.4 is 14.8 Å². The number of ether oxygens (including phenoxy) is 2. The number of hydrogen-bond acceptors (Lipinski definition) is 3. The fourth-order valence-corrected chi connectivity index (χ4v) is 3.49. The number of hydrogen-bond donors (Lipinski definition) is 1. The van der Waals surface area contributed by atoms with Crippen LogP contribution in [0.1, 0.15) is 23.1 Å². The van der Waals surface area contributed by atoms with Crippen LogP contribution in [0.5, 0.6) is 11.5 Å². The second kappa shape index (κ2) is 6.61. The highest BCUT2D eigenvalue weighted by Gasteiger charge is 2.12. The Morgan fingerprint density at radius 1 is 1.00 bits per heavy atom. The maximum Gasteiger partial charge on any atom is 0.136 e. The van der Waals surface area contributed by atoms with E-state index in [1.165, 1.54) is 30.4 Å². The molecule has 0 radical (unpaired) electrons. The molecule has 2 aromatic carbocycles. The monoisotopic (exact) mass is 361 g/mol. The molecule has 0 saturated heterocycles. The first-order valence-electron chi connectivity index (χ1n) is 7.47. The van der Waals surface area contributed by atoms with Crippen molar-refractivity contribution in [3.05, 3.63) is 51.5 Å². The lowest BCUT2D eigenvalue weighted by Crippen LogP contribution is -2.03. The molecule has 0 amide bonds. The molecule has 0 spiro atoms. The van der Waals surface area contributed by atoms with E-state index in [-0.39, 0.29) is 0 Å². The van der Waals surface area contributed by atoms with E-state index in [2.05, 4.69) is 39.4 Å². The smallest absolute Gasteiger partial charge is 0.136 e. The van der Waals surface area contributed by atoms with Gasteiger partial charge in [0.05, 0.1) is 18.7 Å². The van der Waals surface area contributed by atoms with Crippen LogP contribution in [0.4, 0.5) is 5.69 Å². The summed E-state index contributed by atoms with van der Waals surface area (Å²) in [5.41, 5.74) is 5.23. The Balaban J connectivity index is 1.77. The summed E-state index contributed by atoms with van der Waals surface area (Å²) in [6.07, 6.45) is 3.69. The van der Waals surface area contributed by atoms with Gasteiger partial charge in [-0.1, -0.05) is 6.07 Å². The van der Waals surface area contributed by atoms with Crippen LogP contribution in [0.2, 0.25) is 0 Å². The summed E-state index contributed by atoms with van der Waals surface area (Å²) in [5.74, 6) is 1.60. The molecular weight excluding hydrogens is 342 g/mol. The predicted octanol–water partition coefficient (Wildman–Crippen LogP) is 4.57. The Morgan fingerprint density at radius 2 is 1.77 bits per heavy atom. The molecule has 1 N–H and O–H groups in total. The highest BCUT2D eigenvalue weighted by atomic mass is 79.9. The van der Waals surface area contributed by atoms with Crippen LogP contribution in [0.15, 0.2) is 34.8 Å². The molecule has 0 heterocycles. The maximum atomic E-state index is 5.46. The summed E-state index contributed by atoms with van der Waals surface area (Å²) < 4.78 is 11.7. The van der Waals surface area contributed by atoms with Crippen molar-refractivity contribution in [1.82, 2.24) is 0 Å². The molecule has 0 aromatic heterocycles. The summed E-state index contributed by atoms with van der Waals surface area (Å²) in [6.45, 7) is 0.713. The minimum absolute atomic E-state index is 0.713. The Morgan fingerprint density at radius 3 is 2.55 bits per heavy atom. The molecule has 3 rings (SSSR count). The van der Waals surface area contributed by atoms with Gasteiger partial charge in [-0.05, 0) is 64.5 Å². The van der Waals surface area contributed by atoms with E-state index in [0.717, 1.165) is 27.2 Å². The minimum Gasteiger partial charge on any atom is -0.496 e. The zero-order valence-corrected chi connectivity index (χ0v) is 14.5. The molecule has 0 unspecified atom stereocenters. The summed E-state index contributed by atoms with van der Waals surface area (Å²) >= 11 is 3.53. The first-order chi connectivity index (χ1) is 10.7. The van der Waals surface area contributed by atoms with Gasteiger partial charge < -0.3 is 14.8 Å². The average molecular weight is 362 g/mol. The number of anilines is 1. The fraction of sp³-hybridized carbons (Fsp3) is 0.333. The molecule has 2 aromatic rings. The topological polar surface area (TPSA) is 30.5 Å². The van der Waals surface area contributed by atoms with Crippen molar-refractivity contribution in [1.29, 1.82) is 0 Å². The first-order valence-corrected chi connectivity index (χ1v) is 8.26. The van der Waals surface area contributed by atoms with Crippen LogP contribution in [0.25, 0.3) is 0 Å². The molecule has 4 heteroatoms. The third-order valence-electron chi connectivity index (χ3n) is 4.14. The van der Waals surface area contributed by atoms with E-state index in [0.29, 0.717) is 6.54 Å². The van der Waals surface area contributed by atoms with Crippen LogP contribution in [0, 0.1) is 0 Å². The van der Waals surface area contributed by atoms with E-state index < -0.39 is 0 Å². The van der Waals surface area contributed by atoms with Crippen molar-refractivity contribution >= 4 is 21.6 Å². The zero-order valence-electron chi connectivity index (χ0n) is 12.9. The standard InChI is InChI=1S/C18H20BrNO2/c1-21-17-10-18(22-2)16(19)9-14(17)11-20-15-7-6-12-4-3-5-13(12)8-15/h6-10,20H,3-5,11H2,1-2H3. The van der Waals surface area contributed by atoms with Crippen molar-refractivity contribution in [2.75, 3.05) is 19.5 Å². The van der Waals surface area contributed by atoms with Gasteiger partial charge in [0.15, 0.2) is 0 Å². The number of aryl methyl sites for hydroxylation is 2. The lowest BCUT2D eigenvalue weighted by Gasteiger charge is -2.14. The van der Waals surface area contributed by atoms with Crippen molar-refractivity contribution in [3.8, 4) is 11.5 Å². The van der Waals surface area contributed by atoms with Crippen LogP contribution in [-0.2, 0) is 19.4 Å². The molecule has 116 valence electrons. The largest absolute Gasteiger partial charge is 0.496 e. The molecule has 1 aliphatic rings. The third kappa shape index (κ3) is 3.07. The van der Waals surface area contributed by atoms with Crippen LogP contribution in [0.3, 0.4) is 0 Å². The van der Waals surface area contributed by atoms with Crippen molar-refractivity contribution in [2.24, 2.45) is 0 Å². The molecule has 0 bridgehead atoms. The quantitative estimate of drug-likeness (QED) is 0.846. The number of nitrogens with one attached hydrogen (secondary N) is 1. The van der Waals surface area contributed by atoms with Gasteiger partial charge in [-0.15, -0.1) is 0 Å². The number of benzene rings is 2. The Hall–Kier alpha value is -1.68. The normalized spacial score (nSPS) is 12.9. The molecule has 0 aliphatic heterocycles. The fourth-order valence-electron chi connectivity index (χ4n) is 2.94. The van der Waals surface area contributed by atoms with E-state index in [1.54, 1.807) is 14.2 Å². The summed E-state index contributed by atoms with van der Waals surface area (Å²) in [5, 5.41) is 3.49. The summed E-state index contributed by atoms with van der Waals surface area (Å²) in [4.78, 5) is 0. The molecule has 1 aliphatic carbocycles. The second-order valence-corrected chi connectivity index (χ2v) is 6.34. The summed E-state index contributed by atoms with van der Waals surface area (Å²) in [7, 11) is 3.34. The van der Waals surface area contributed by atoms with Gasteiger partial charge in [0, 0.05) is 23.9 Å². The number of halogens is 1. The Labute approximate surface area is 139 Å². The summed E-state index contributed by atoms with van der Waals surface area (Å²) in [6, 6.07) is 10.6. The average Bonchev–Trinajstić information content (AvgIpc) is 3.00. The lowest BCUT2D eigenvalue weighted by atomic mass is 10.1. The molecule has 3 nitrogen and oxygen atoms in total. The van der Waals surface area contributed by atoms with E-state index in [9.17, 15) is 0 Å². The van der Waals surface area contributed by atoms with Crippen LogP contribution in [-0.4, -0.2) is 14.2 Å². The Bertz CT molecular complexity index is 685. The van der Waals surface area contributed by atoms with E-state index in [1.807, 2.05) is 12.1 Å². The van der Waals surface area contributed by atoms with Gasteiger partial charge in [0.25, 0.3) is 0 Å². The highest BCUT2D eigenvalue weighted by molar-refractivity contribution is 9.10. The highest BCUT2D eigenvalue weighted by Crippen LogP contribution is 2.33. The molecule has 0 fully saturated rings. The van der Waals surface area contributed by atoms with Crippen molar-refractivity contribution < 1.29 is 9.47 Å². The Kier molecular flexibility index (Phi) is 4.57. The van der Waals surface area contributed by atoms with Crippen LogP contribution >= 0.6 is 15.9 Å².